The predicted molar refractivity (Wildman–Crippen MR) is 54.5 cm³/mol. The maximum Gasteiger partial charge on any atom is 0.222 e. The summed E-state index contributed by atoms with van der Waals surface area (Å²) < 4.78 is 0. The van der Waals surface area contributed by atoms with Crippen LogP contribution in [-0.2, 0) is 4.79 Å². The fraction of sp³-hybridized carbons (Fsp3) is 0.727. The SMILES string of the molecule is C#CCCCCC(=O)N1CC[C@H](O)C1. The van der Waals surface area contributed by atoms with Gasteiger partial charge in [0.05, 0.1) is 6.10 Å². The molecule has 0 aromatic rings. The Hall–Kier alpha value is -1.01. The number of unbranched alkanes of at least 4 members (excludes halogenated alkanes) is 2. The molecule has 0 unspecified atom stereocenters. The second kappa shape index (κ2) is 5.66. The minimum Gasteiger partial charge on any atom is -0.391 e. The van der Waals surface area contributed by atoms with Crippen molar-refractivity contribution >= 4 is 5.91 Å². The molecule has 1 rings (SSSR count). The Labute approximate surface area is 85.1 Å². The number of hydrogen-bond donors (Lipinski definition) is 1. The average Bonchev–Trinajstić information content (AvgIpc) is 2.59. The third-order valence-corrected chi connectivity index (χ3v) is 2.48. The monoisotopic (exact) mass is 195 g/mol. The molecule has 0 aromatic carbocycles. The molecular weight excluding hydrogens is 178 g/mol. The molecule has 1 aliphatic heterocycles. The van der Waals surface area contributed by atoms with E-state index in [9.17, 15) is 9.90 Å². The van der Waals surface area contributed by atoms with Crippen molar-refractivity contribution in [3.63, 3.8) is 0 Å². The summed E-state index contributed by atoms with van der Waals surface area (Å²) in [5, 5.41) is 9.24. The van der Waals surface area contributed by atoms with E-state index in [2.05, 4.69) is 5.92 Å². The number of carbonyl (C=O) groups is 1. The quantitative estimate of drug-likeness (QED) is 0.532. The van der Waals surface area contributed by atoms with Crippen molar-refractivity contribution in [3.8, 4) is 12.3 Å². The van der Waals surface area contributed by atoms with Crippen LogP contribution in [0.1, 0.15) is 32.1 Å². The van der Waals surface area contributed by atoms with E-state index in [-0.39, 0.29) is 12.0 Å². The number of aliphatic hydroxyl groups excluding tert-OH is 1. The minimum atomic E-state index is -0.315. The molecule has 0 spiro atoms. The maximum atomic E-state index is 11.5. The summed E-state index contributed by atoms with van der Waals surface area (Å²) in [5.41, 5.74) is 0. The largest absolute Gasteiger partial charge is 0.391 e. The Morgan fingerprint density at radius 2 is 2.36 bits per heavy atom. The van der Waals surface area contributed by atoms with E-state index in [4.69, 9.17) is 6.42 Å². The van der Waals surface area contributed by atoms with Crippen LogP contribution in [0.15, 0.2) is 0 Å². The average molecular weight is 195 g/mol. The number of β-amino-alcohol motifs (C(OH)–C–C–N with tert-alkyl or cyclic N) is 1. The van der Waals surface area contributed by atoms with Crippen LogP contribution >= 0.6 is 0 Å². The zero-order valence-corrected chi connectivity index (χ0v) is 8.41. The van der Waals surface area contributed by atoms with Crippen LogP contribution in [0, 0.1) is 12.3 Å². The Balaban J connectivity index is 2.13. The van der Waals surface area contributed by atoms with Gasteiger partial charge in [-0.1, -0.05) is 0 Å². The first-order valence-electron chi connectivity index (χ1n) is 5.13. The Kier molecular flexibility index (Phi) is 4.48. The summed E-state index contributed by atoms with van der Waals surface area (Å²) in [6, 6.07) is 0. The standard InChI is InChI=1S/C11H17NO2/c1-2-3-4-5-6-11(14)12-8-7-10(13)9-12/h1,10,13H,3-9H2/t10-/m0/s1. The molecule has 1 saturated heterocycles. The lowest BCUT2D eigenvalue weighted by Gasteiger charge is -2.14. The number of aliphatic hydroxyl groups is 1. The fourth-order valence-electron chi connectivity index (χ4n) is 1.63. The number of nitrogens with zero attached hydrogens (tertiary/aromatic N) is 1. The van der Waals surface area contributed by atoms with Crippen molar-refractivity contribution in [2.75, 3.05) is 13.1 Å². The lowest BCUT2D eigenvalue weighted by Crippen LogP contribution is -2.29. The normalized spacial score (nSPS) is 20.9. The van der Waals surface area contributed by atoms with Crippen molar-refractivity contribution in [1.82, 2.24) is 4.90 Å². The maximum absolute atomic E-state index is 11.5. The van der Waals surface area contributed by atoms with E-state index in [0.29, 0.717) is 19.5 Å². The number of carbonyl (C=O) groups excluding carboxylic acids is 1. The van der Waals surface area contributed by atoms with Gasteiger partial charge in [0.15, 0.2) is 0 Å². The first kappa shape index (κ1) is 11.1. The lowest BCUT2D eigenvalue weighted by atomic mass is 10.2. The molecule has 0 aliphatic carbocycles. The highest BCUT2D eigenvalue weighted by atomic mass is 16.3. The third kappa shape index (κ3) is 3.39. The smallest absolute Gasteiger partial charge is 0.222 e. The Morgan fingerprint density at radius 3 is 2.93 bits per heavy atom. The van der Waals surface area contributed by atoms with Crippen LogP contribution in [-0.4, -0.2) is 35.1 Å². The zero-order chi connectivity index (χ0) is 10.4. The minimum absolute atomic E-state index is 0.151. The van der Waals surface area contributed by atoms with Crippen LogP contribution in [0.5, 0.6) is 0 Å². The van der Waals surface area contributed by atoms with Crippen molar-refractivity contribution in [2.45, 2.75) is 38.2 Å². The van der Waals surface area contributed by atoms with Gasteiger partial charge in [0.2, 0.25) is 5.91 Å². The van der Waals surface area contributed by atoms with Gasteiger partial charge in [-0.2, -0.15) is 0 Å². The second-order valence-electron chi connectivity index (χ2n) is 3.69. The van der Waals surface area contributed by atoms with Gasteiger partial charge in [-0.15, -0.1) is 12.3 Å². The predicted octanol–water partition coefficient (Wildman–Crippen LogP) is 0.773. The van der Waals surface area contributed by atoms with Gasteiger partial charge in [-0.25, -0.2) is 0 Å². The molecule has 1 N–H and O–H groups in total. The molecular formula is C11H17NO2. The van der Waals surface area contributed by atoms with Crippen LogP contribution in [0.2, 0.25) is 0 Å². The number of terminal acetylenes is 1. The molecule has 0 saturated carbocycles. The van der Waals surface area contributed by atoms with Gasteiger partial charge in [0, 0.05) is 25.9 Å². The third-order valence-electron chi connectivity index (χ3n) is 2.48. The van der Waals surface area contributed by atoms with E-state index < -0.39 is 0 Å². The molecule has 0 aromatic heterocycles. The lowest BCUT2D eigenvalue weighted by molar-refractivity contribution is -0.130. The number of hydrogen-bond acceptors (Lipinski definition) is 2. The molecule has 3 heteroatoms. The Morgan fingerprint density at radius 1 is 1.57 bits per heavy atom. The molecule has 1 atom stereocenters. The van der Waals surface area contributed by atoms with Gasteiger partial charge in [-0.05, 0) is 19.3 Å². The summed E-state index contributed by atoms with van der Waals surface area (Å²) in [4.78, 5) is 13.3. The van der Waals surface area contributed by atoms with Gasteiger partial charge < -0.3 is 10.0 Å². The van der Waals surface area contributed by atoms with Gasteiger partial charge in [-0.3, -0.25) is 4.79 Å². The fourth-order valence-corrected chi connectivity index (χ4v) is 1.63. The summed E-state index contributed by atoms with van der Waals surface area (Å²) >= 11 is 0. The number of amides is 1. The number of likely N-dealkylation sites (tertiary alicyclic amines) is 1. The van der Waals surface area contributed by atoms with E-state index in [1.807, 2.05) is 0 Å². The van der Waals surface area contributed by atoms with Crippen LogP contribution in [0.4, 0.5) is 0 Å². The highest BCUT2D eigenvalue weighted by Crippen LogP contribution is 2.11. The molecule has 1 aliphatic rings. The molecule has 14 heavy (non-hydrogen) atoms. The van der Waals surface area contributed by atoms with Crippen molar-refractivity contribution in [1.29, 1.82) is 0 Å². The van der Waals surface area contributed by atoms with Crippen LogP contribution < -0.4 is 0 Å². The van der Waals surface area contributed by atoms with Gasteiger partial charge >= 0.3 is 0 Å². The molecule has 0 bridgehead atoms. The van der Waals surface area contributed by atoms with E-state index in [0.717, 1.165) is 25.7 Å². The summed E-state index contributed by atoms with van der Waals surface area (Å²) in [6.45, 7) is 1.21. The molecule has 1 heterocycles. The zero-order valence-electron chi connectivity index (χ0n) is 8.41. The summed E-state index contributed by atoms with van der Waals surface area (Å²) in [6.07, 6.45) is 8.59. The Bertz CT molecular complexity index is 232. The highest BCUT2D eigenvalue weighted by Gasteiger charge is 2.23. The van der Waals surface area contributed by atoms with Crippen molar-refractivity contribution in [3.05, 3.63) is 0 Å². The molecule has 1 fully saturated rings. The molecule has 0 radical (unpaired) electrons. The van der Waals surface area contributed by atoms with Gasteiger partial charge in [0.1, 0.15) is 0 Å². The van der Waals surface area contributed by atoms with E-state index >= 15 is 0 Å². The van der Waals surface area contributed by atoms with Crippen molar-refractivity contribution < 1.29 is 9.90 Å². The van der Waals surface area contributed by atoms with Crippen LogP contribution in [0.25, 0.3) is 0 Å². The van der Waals surface area contributed by atoms with Crippen LogP contribution in [0.3, 0.4) is 0 Å². The highest BCUT2D eigenvalue weighted by molar-refractivity contribution is 5.76. The second-order valence-corrected chi connectivity index (χ2v) is 3.69. The molecule has 3 nitrogen and oxygen atoms in total. The summed E-state index contributed by atoms with van der Waals surface area (Å²) in [7, 11) is 0. The molecule has 78 valence electrons. The number of rotatable bonds is 4. The summed E-state index contributed by atoms with van der Waals surface area (Å²) in [5.74, 6) is 2.70. The van der Waals surface area contributed by atoms with E-state index in [1.54, 1.807) is 4.90 Å². The van der Waals surface area contributed by atoms with E-state index in [1.165, 1.54) is 0 Å². The molecule has 1 amide bonds. The first-order chi connectivity index (χ1) is 6.74. The topological polar surface area (TPSA) is 40.5 Å². The first-order valence-corrected chi connectivity index (χ1v) is 5.13. The van der Waals surface area contributed by atoms with Gasteiger partial charge in [0.25, 0.3) is 0 Å². The van der Waals surface area contributed by atoms with Crippen molar-refractivity contribution in [2.24, 2.45) is 0 Å².